The Balaban J connectivity index is 1.76. The van der Waals surface area contributed by atoms with Crippen LogP contribution in [0.5, 0.6) is 0 Å². The maximum atomic E-state index is 12.4. The van der Waals surface area contributed by atoms with E-state index in [0.717, 1.165) is 36.0 Å². The van der Waals surface area contributed by atoms with E-state index in [1.54, 1.807) is 23.1 Å². The molecule has 0 atom stereocenters. The summed E-state index contributed by atoms with van der Waals surface area (Å²) in [6.07, 6.45) is 2.05. The number of carbonyl (C=O) groups excluding carboxylic acids is 2. The Hall–Kier alpha value is -2.21. The van der Waals surface area contributed by atoms with Gasteiger partial charge in [0.05, 0.1) is 0 Å². The first-order chi connectivity index (χ1) is 11.5. The van der Waals surface area contributed by atoms with Gasteiger partial charge in [-0.1, -0.05) is 22.0 Å². The Labute approximate surface area is 149 Å². The van der Waals surface area contributed by atoms with Crippen molar-refractivity contribution in [2.75, 3.05) is 18.4 Å². The zero-order chi connectivity index (χ0) is 17.1. The van der Waals surface area contributed by atoms with Crippen LogP contribution >= 0.6 is 15.9 Å². The molecule has 124 valence electrons. The van der Waals surface area contributed by atoms with Crippen LogP contribution in [0, 0.1) is 6.92 Å². The largest absolute Gasteiger partial charge is 0.337 e. The van der Waals surface area contributed by atoms with Crippen molar-refractivity contribution >= 4 is 33.4 Å². The lowest BCUT2D eigenvalue weighted by Gasteiger charge is -2.14. The molecule has 1 saturated heterocycles. The molecule has 1 aromatic heterocycles. The molecule has 3 rings (SSSR count). The minimum Gasteiger partial charge on any atom is -0.337 e. The number of hydrogen-bond acceptors (Lipinski definition) is 3. The van der Waals surface area contributed by atoms with Crippen LogP contribution in [0.2, 0.25) is 0 Å². The summed E-state index contributed by atoms with van der Waals surface area (Å²) in [6, 6.07) is 10.5. The number of benzene rings is 1. The summed E-state index contributed by atoms with van der Waals surface area (Å²) in [4.78, 5) is 30.8. The van der Waals surface area contributed by atoms with E-state index in [-0.39, 0.29) is 17.5 Å². The van der Waals surface area contributed by atoms with E-state index < -0.39 is 0 Å². The van der Waals surface area contributed by atoms with Gasteiger partial charge in [-0.25, -0.2) is 4.98 Å². The molecule has 1 aliphatic rings. The number of aromatic nitrogens is 1. The van der Waals surface area contributed by atoms with Gasteiger partial charge in [-0.15, -0.1) is 0 Å². The molecule has 1 aromatic carbocycles. The van der Waals surface area contributed by atoms with Crippen molar-refractivity contribution in [3.8, 4) is 0 Å². The van der Waals surface area contributed by atoms with Gasteiger partial charge in [0.15, 0.2) is 0 Å². The Bertz CT molecular complexity index is 786. The number of carbonyl (C=O) groups is 2. The molecule has 1 N–H and O–H groups in total. The van der Waals surface area contributed by atoms with Gasteiger partial charge in [-0.2, -0.15) is 0 Å². The first-order valence-electron chi connectivity index (χ1n) is 7.88. The second-order valence-electron chi connectivity index (χ2n) is 5.83. The van der Waals surface area contributed by atoms with Gasteiger partial charge in [-0.05, 0) is 55.7 Å². The number of amides is 2. The second-order valence-corrected chi connectivity index (χ2v) is 6.68. The predicted molar refractivity (Wildman–Crippen MR) is 96.2 cm³/mol. The van der Waals surface area contributed by atoms with Gasteiger partial charge in [-0.3, -0.25) is 9.59 Å². The van der Waals surface area contributed by atoms with Crippen LogP contribution in [0.3, 0.4) is 0 Å². The molecule has 0 saturated carbocycles. The molecular weight excluding hydrogens is 370 g/mol. The van der Waals surface area contributed by atoms with Crippen molar-refractivity contribution < 1.29 is 9.59 Å². The van der Waals surface area contributed by atoms with Crippen molar-refractivity contribution in [2.24, 2.45) is 0 Å². The number of rotatable bonds is 3. The topological polar surface area (TPSA) is 62.3 Å². The molecule has 1 aliphatic heterocycles. The second kappa shape index (κ2) is 7.13. The van der Waals surface area contributed by atoms with Gasteiger partial charge in [0.2, 0.25) is 0 Å². The number of pyridine rings is 1. The monoisotopic (exact) mass is 387 g/mol. The molecule has 2 heterocycles. The van der Waals surface area contributed by atoms with E-state index in [4.69, 9.17) is 0 Å². The van der Waals surface area contributed by atoms with Crippen LogP contribution in [0.15, 0.2) is 40.9 Å². The molecule has 0 bridgehead atoms. The molecule has 0 aliphatic carbocycles. The zero-order valence-electron chi connectivity index (χ0n) is 13.4. The van der Waals surface area contributed by atoms with Crippen LogP contribution in [0.1, 0.15) is 39.4 Å². The minimum absolute atomic E-state index is 0.110. The quantitative estimate of drug-likeness (QED) is 0.874. The smallest absolute Gasteiger partial charge is 0.274 e. The standard InChI is InChI=1S/C18H18BrN3O2/c1-12-11-13(7-8-14(12)19)20-17(23)15-5-4-6-16(21-15)18(24)22-9-2-3-10-22/h4-8,11H,2-3,9-10H2,1H3,(H,20,23). The Morgan fingerprint density at radius 2 is 1.83 bits per heavy atom. The summed E-state index contributed by atoms with van der Waals surface area (Å²) in [7, 11) is 0. The Morgan fingerprint density at radius 1 is 1.12 bits per heavy atom. The van der Waals surface area contributed by atoms with E-state index in [9.17, 15) is 9.59 Å². The van der Waals surface area contributed by atoms with Gasteiger partial charge in [0.25, 0.3) is 11.8 Å². The molecular formula is C18H18BrN3O2. The van der Waals surface area contributed by atoms with Crippen LogP contribution < -0.4 is 5.32 Å². The first-order valence-corrected chi connectivity index (χ1v) is 8.68. The van der Waals surface area contributed by atoms with Crippen molar-refractivity contribution in [3.05, 3.63) is 57.8 Å². The maximum Gasteiger partial charge on any atom is 0.274 e. The van der Waals surface area contributed by atoms with Crippen molar-refractivity contribution in [3.63, 3.8) is 0 Å². The first kappa shape index (κ1) is 16.6. The molecule has 6 heteroatoms. The normalized spacial score (nSPS) is 13.8. The average Bonchev–Trinajstić information content (AvgIpc) is 3.12. The van der Waals surface area contributed by atoms with Gasteiger partial charge < -0.3 is 10.2 Å². The Kier molecular flexibility index (Phi) is 4.94. The highest BCUT2D eigenvalue weighted by atomic mass is 79.9. The number of nitrogens with zero attached hydrogens (tertiary/aromatic N) is 2. The molecule has 5 nitrogen and oxygen atoms in total. The molecule has 0 spiro atoms. The van der Waals surface area contributed by atoms with Gasteiger partial charge in [0.1, 0.15) is 11.4 Å². The number of halogens is 1. The molecule has 2 aromatic rings. The van der Waals surface area contributed by atoms with E-state index in [0.29, 0.717) is 11.4 Å². The Morgan fingerprint density at radius 3 is 2.54 bits per heavy atom. The van der Waals surface area contributed by atoms with E-state index in [2.05, 4.69) is 26.2 Å². The third-order valence-corrected chi connectivity index (χ3v) is 4.90. The van der Waals surface area contributed by atoms with Gasteiger partial charge in [0, 0.05) is 23.2 Å². The number of anilines is 1. The highest BCUT2D eigenvalue weighted by Gasteiger charge is 2.21. The fourth-order valence-corrected chi connectivity index (χ4v) is 2.93. The zero-order valence-corrected chi connectivity index (χ0v) is 15.0. The highest BCUT2D eigenvalue weighted by Crippen LogP contribution is 2.20. The SMILES string of the molecule is Cc1cc(NC(=O)c2cccc(C(=O)N3CCCC3)n2)ccc1Br. The molecule has 2 amide bonds. The lowest BCUT2D eigenvalue weighted by Crippen LogP contribution is -2.29. The highest BCUT2D eigenvalue weighted by molar-refractivity contribution is 9.10. The lowest BCUT2D eigenvalue weighted by atomic mass is 10.2. The van der Waals surface area contributed by atoms with E-state index in [1.807, 2.05) is 25.1 Å². The van der Waals surface area contributed by atoms with Crippen molar-refractivity contribution in [1.29, 1.82) is 0 Å². The third kappa shape index (κ3) is 3.64. The summed E-state index contributed by atoms with van der Waals surface area (Å²) in [5, 5.41) is 2.81. The molecule has 0 unspecified atom stereocenters. The van der Waals surface area contributed by atoms with Crippen molar-refractivity contribution in [2.45, 2.75) is 19.8 Å². The fourth-order valence-electron chi connectivity index (χ4n) is 2.68. The predicted octanol–water partition coefficient (Wildman–Crippen LogP) is 3.64. The fraction of sp³-hybridized carbons (Fsp3) is 0.278. The van der Waals surface area contributed by atoms with Crippen molar-refractivity contribution in [1.82, 2.24) is 9.88 Å². The number of likely N-dealkylation sites (tertiary alicyclic amines) is 1. The number of hydrogen-bond donors (Lipinski definition) is 1. The summed E-state index contributed by atoms with van der Waals surface area (Å²) in [6.45, 7) is 3.47. The van der Waals surface area contributed by atoms with Crippen LogP contribution in [-0.2, 0) is 0 Å². The number of aryl methyl sites for hydroxylation is 1. The minimum atomic E-state index is -0.326. The van der Waals surface area contributed by atoms with Crippen LogP contribution in [0.4, 0.5) is 5.69 Å². The average molecular weight is 388 g/mol. The van der Waals surface area contributed by atoms with Gasteiger partial charge >= 0.3 is 0 Å². The lowest BCUT2D eigenvalue weighted by molar-refractivity contribution is 0.0787. The molecule has 0 radical (unpaired) electrons. The van der Waals surface area contributed by atoms with E-state index >= 15 is 0 Å². The molecule has 1 fully saturated rings. The van der Waals surface area contributed by atoms with Crippen LogP contribution in [0.25, 0.3) is 0 Å². The third-order valence-electron chi connectivity index (χ3n) is 4.01. The maximum absolute atomic E-state index is 12.4. The van der Waals surface area contributed by atoms with E-state index in [1.165, 1.54) is 0 Å². The number of nitrogens with one attached hydrogen (secondary N) is 1. The summed E-state index contributed by atoms with van der Waals surface area (Å²) in [5.74, 6) is -0.436. The van der Waals surface area contributed by atoms with Crippen LogP contribution in [-0.4, -0.2) is 34.8 Å². The summed E-state index contributed by atoms with van der Waals surface area (Å²) >= 11 is 3.43. The summed E-state index contributed by atoms with van der Waals surface area (Å²) < 4.78 is 0.983. The molecule has 24 heavy (non-hydrogen) atoms. The summed E-state index contributed by atoms with van der Waals surface area (Å²) in [5.41, 5.74) is 2.27.